The van der Waals surface area contributed by atoms with E-state index in [-0.39, 0.29) is 0 Å². The predicted molar refractivity (Wildman–Crippen MR) is 53.2 cm³/mol. The number of hydrogen-bond acceptors (Lipinski definition) is 4. The summed E-state index contributed by atoms with van der Waals surface area (Å²) in [7, 11) is 0. The van der Waals surface area contributed by atoms with E-state index in [1.54, 1.807) is 0 Å². The summed E-state index contributed by atoms with van der Waals surface area (Å²) in [6.45, 7) is 0.540. The van der Waals surface area contributed by atoms with Crippen LogP contribution in [-0.4, -0.2) is 25.8 Å². The van der Waals surface area contributed by atoms with Crippen molar-refractivity contribution in [1.29, 1.82) is 0 Å². The van der Waals surface area contributed by atoms with Gasteiger partial charge in [-0.3, -0.25) is 14.8 Å². The largest absolute Gasteiger partial charge is 0.476 e. The highest BCUT2D eigenvalue weighted by Gasteiger charge is 2.26. The van der Waals surface area contributed by atoms with Crippen molar-refractivity contribution in [2.24, 2.45) is 5.92 Å². The van der Waals surface area contributed by atoms with Crippen LogP contribution in [0.3, 0.4) is 0 Å². The first-order valence-electron chi connectivity index (χ1n) is 5.03. The van der Waals surface area contributed by atoms with Crippen LogP contribution in [0.15, 0.2) is 6.20 Å². The topological polar surface area (TPSA) is 98.3 Å². The molecule has 0 radical (unpaired) electrons. The van der Waals surface area contributed by atoms with Gasteiger partial charge in [0.2, 0.25) is 5.69 Å². The number of aromatic nitrogens is 2. The molecule has 1 saturated carbocycles. The lowest BCUT2D eigenvalue weighted by molar-refractivity contribution is -0.385. The van der Waals surface area contributed by atoms with Gasteiger partial charge in [-0.1, -0.05) is 12.8 Å². The molecule has 2 rings (SSSR count). The molecule has 0 aliphatic heterocycles. The second-order valence-electron chi connectivity index (χ2n) is 3.92. The van der Waals surface area contributed by atoms with Gasteiger partial charge in [0, 0.05) is 6.54 Å². The van der Waals surface area contributed by atoms with Crippen molar-refractivity contribution in [1.82, 2.24) is 9.78 Å². The van der Waals surface area contributed by atoms with Crippen LogP contribution < -0.4 is 0 Å². The Morgan fingerprint density at radius 2 is 2.38 bits per heavy atom. The molecule has 0 atom stereocenters. The number of nitrogens with zero attached hydrogens (tertiary/aromatic N) is 3. The third-order valence-corrected chi connectivity index (χ3v) is 2.61. The Kier molecular flexibility index (Phi) is 2.59. The molecule has 0 aromatic carbocycles. The highest BCUT2D eigenvalue weighted by Crippen LogP contribution is 2.32. The van der Waals surface area contributed by atoms with E-state index in [0.29, 0.717) is 12.5 Å². The van der Waals surface area contributed by atoms with Crippen LogP contribution in [0.4, 0.5) is 5.69 Å². The first-order chi connectivity index (χ1) is 7.58. The van der Waals surface area contributed by atoms with Crippen LogP contribution in [0.2, 0.25) is 0 Å². The molecule has 1 N–H and O–H groups in total. The molecule has 1 aromatic heterocycles. The minimum absolute atomic E-state index is 0.441. The second-order valence-corrected chi connectivity index (χ2v) is 3.92. The van der Waals surface area contributed by atoms with E-state index in [1.807, 2.05) is 0 Å². The smallest absolute Gasteiger partial charge is 0.363 e. The Balaban J connectivity index is 2.15. The fourth-order valence-electron chi connectivity index (χ4n) is 1.53. The molecule has 0 bridgehead atoms. The molecule has 7 heteroatoms. The zero-order valence-corrected chi connectivity index (χ0v) is 8.50. The molecule has 0 amide bonds. The molecule has 1 aliphatic rings. The predicted octanol–water partition coefficient (Wildman–Crippen LogP) is 1.29. The molecule has 1 fully saturated rings. The number of aryl methyl sites for hydroxylation is 1. The third-order valence-electron chi connectivity index (χ3n) is 2.61. The number of hydrogen-bond donors (Lipinski definition) is 1. The summed E-state index contributed by atoms with van der Waals surface area (Å²) in [5.74, 6) is -0.687. The summed E-state index contributed by atoms with van der Waals surface area (Å²) in [4.78, 5) is 20.6. The Labute approximate surface area is 90.8 Å². The van der Waals surface area contributed by atoms with Gasteiger partial charge in [-0.05, 0) is 12.3 Å². The van der Waals surface area contributed by atoms with Gasteiger partial charge in [0.15, 0.2) is 0 Å². The second kappa shape index (κ2) is 3.92. The molecular formula is C9H11N3O4. The minimum atomic E-state index is -1.36. The normalized spacial score (nSPS) is 15.0. The van der Waals surface area contributed by atoms with Gasteiger partial charge in [0.1, 0.15) is 6.20 Å². The Morgan fingerprint density at radius 1 is 1.69 bits per heavy atom. The fraction of sp³-hybridized carbons (Fsp3) is 0.556. The molecule has 16 heavy (non-hydrogen) atoms. The Bertz CT molecular complexity index is 404. The first kappa shape index (κ1) is 10.6. The van der Waals surface area contributed by atoms with E-state index < -0.39 is 22.3 Å². The van der Waals surface area contributed by atoms with Gasteiger partial charge >= 0.3 is 11.7 Å². The summed E-state index contributed by atoms with van der Waals surface area (Å²) < 4.78 is 1.35. The average molecular weight is 225 g/mol. The Morgan fingerprint density at radius 3 is 2.81 bits per heavy atom. The number of rotatable bonds is 5. The van der Waals surface area contributed by atoms with E-state index in [9.17, 15) is 14.9 Å². The molecular weight excluding hydrogens is 214 g/mol. The number of nitro groups is 1. The molecule has 0 spiro atoms. The highest BCUT2D eigenvalue weighted by molar-refractivity contribution is 5.89. The van der Waals surface area contributed by atoms with Crippen molar-refractivity contribution in [2.75, 3.05) is 0 Å². The van der Waals surface area contributed by atoms with E-state index in [0.717, 1.165) is 6.42 Å². The van der Waals surface area contributed by atoms with Gasteiger partial charge in [-0.25, -0.2) is 4.79 Å². The number of carboxylic acids is 1. The highest BCUT2D eigenvalue weighted by atomic mass is 16.6. The third kappa shape index (κ3) is 2.18. The van der Waals surface area contributed by atoms with Crippen LogP contribution in [0.1, 0.15) is 29.8 Å². The van der Waals surface area contributed by atoms with E-state index in [1.165, 1.54) is 23.7 Å². The van der Waals surface area contributed by atoms with Gasteiger partial charge < -0.3 is 5.11 Å². The van der Waals surface area contributed by atoms with Crippen molar-refractivity contribution in [2.45, 2.75) is 25.8 Å². The zero-order valence-electron chi connectivity index (χ0n) is 8.50. The fourth-order valence-corrected chi connectivity index (χ4v) is 1.53. The molecule has 0 saturated heterocycles. The van der Waals surface area contributed by atoms with Crippen molar-refractivity contribution in [3.05, 3.63) is 22.0 Å². The monoisotopic (exact) mass is 225 g/mol. The average Bonchev–Trinajstić information content (AvgIpc) is 2.93. The van der Waals surface area contributed by atoms with Crippen molar-refractivity contribution in [3.8, 4) is 0 Å². The van der Waals surface area contributed by atoms with Crippen LogP contribution in [0, 0.1) is 16.0 Å². The number of aromatic carboxylic acids is 1. The maximum Gasteiger partial charge on any atom is 0.363 e. The molecule has 86 valence electrons. The van der Waals surface area contributed by atoms with Crippen molar-refractivity contribution in [3.63, 3.8) is 0 Å². The van der Waals surface area contributed by atoms with Gasteiger partial charge in [-0.2, -0.15) is 5.10 Å². The van der Waals surface area contributed by atoms with Gasteiger partial charge in [0.25, 0.3) is 0 Å². The lowest BCUT2D eigenvalue weighted by Crippen LogP contribution is -2.04. The molecule has 1 heterocycles. The van der Waals surface area contributed by atoms with Crippen LogP contribution in [-0.2, 0) is 6.54 Å². The number of carboxylic acid groups (broad SMARTS) is 1. The summed E-state index contributed by atoms with van der Waals surface area (Å²) in [6.07, 6.45) is 4.47. The Hall–Kier alpha value is -1.92. The van der Waals surface area contributed by atoms with Crippen molar-refractivity contribution < 1.29 is 14.8 Å². The molecule has 1 aromatic rings. The van der Waals surface area contributed by atoms with Crippen LogP contribution in [0.25, 0.3) is 0 Å². The zero-order chi connectivity index (χ0) is 11.7. The molecule has 0 unspecified atom stereocenters. The van der Waals surface area contributed by atoms with E-state index in [2.05, 4.69) is 5.10 Å². The lowest BCUT2D eigenvalue weighted by Gasteiger charge is -1.97. The first-order valence-corrected chi connectivity index (χ1v) is 5.03. The summed E-state index contributed by atoms with van der Waals surface area (Å²) >= 11 is 0. The summed E-state index contributed by atoms with van der Waals surface area (Å²) in [5, 5.41) is 23.0. The standard InChI is InChI=1S/C9H11N3O4/c13-9(14)8-7(12(15)16)5-11(10-8)4-3-6-1-2-6/h5-6H,1-4H2,(H,13,14). The molecule has 1 aliphatic carbocycles. The number of carbonyl (C=O) groups is 1. The van der Waals surface area contributed by atoms with Gasteiger partial charge in [0.05, 0.1) is 4.92 Å². The summed E-state index contributed by atoms with van der Waals surface area (Å²) in [5.41, 5.74) is -0.927. The van der Waals surface area contributed by atoms with Crippen molar-refractivity contribution >= 4 is 11.7 Å². The maximum absolute atomic E-state index is 10.7. The minimum Gasteiger partial charge on any atom is -0.476 e. The van der Waals surface area contributed by atoms with Gasteiger partial charge in [-0.15, -0.1) is 0 Å². The lowest BCUT2D eigenvalue weighted by atomic mass is 10.3. The SMILES string of the molecule is O=C(O)c1nn(CCC2CC2)cc1[N+](=O)[O-]. The van der Waals surface area contributed by atoms with Crippen LogP contribution in [0.5, 0.6) is 0 Å². The molecule has 7 nitrogen and oxygen atoms in total. The summed E-state index contributed by atoms with van der Waals surface area (Å²) in [6, 6.07) is 0. The van der Waals surface area contributed by atoms with E-state index >= 15 is 0 Å². The maximum atomic E-state index is 10.7. The van der Waals surface area contributed by atoms with Crippen LogP contribution >= 0.6 is 0 Å². The quantitative estimate of drug-likeness (QED) is 0.601. The van der Waals surface area contributed by atoms with E-state index in [4.69, 9.17) is 5.11 Å².